The van der Waals surface area contributed by atoms with E-state index in [9.17, 15) is 14.7 Å². The van der Waals surface area contributed by atoms with Crippen molar-refractivity contribution in [3.05, 3.63) is 23.3 Å². The Morgan fingerprint density at radius 1 is 1.21 bits per heavy atom. The van der Waals surface area contributed by atoms with Gasteiger partial charge in [0.25, 0.3) is 0 Å². The molecule has 152 valence electrons. The molecule has 0 bridgehead atoms. The van der Waals surface area contributed by atoms with Crippen LogP contribution >= 0.6 is 0 Å². The van der Waals surface area contributed by atoms with E-state index in [0.29, 0.717) is 38.3 Å². The Kier molecular flexibility index (Phi) is 4.95. The molecule has 1 aromatic rings. The number of benzene rings is 1. The fourth-order valence-electron chi connectivity index (χ4n) is 5.20. The molecule has 3 aliphatic rings. The smallest absolute Gasteiger partial charge is 0.311 e. The number of amides is 1. The molecule has 7 heteroatoms. The van der Waals surface area contributed by atoms with Crippen molar-refractivity contribution in [2.24, 2.45) is 11.3 Å². The molecule has 0 spiro atoms. The van der Waals surface area contributed by atoms with Gasteiger partial charge < -0.3 is 19.5 Å². The van der Waals surface area contributed by atoms with Gasteiger partial charge in [-0.2, -0.15) is 0 Å². The molecule has 1 aromatic carbocycles. The topological polar surface area (TPSA) is 79.3 Å². The molecule has 0 radical (unpaired) electrons. The molecule has 28 heavy (non-hydrogen) atoms. The highest BCUT2D eigenvalue weighted by atomic mass is 16.5. The summed E-state index contributed by atoms with van der Waals surface area (Å²) in [6, 6.07) is 4.01. The summed E-state index contributed by atoms with van der Waals surface area (Å²) in [6.07, 6.45) is 3.40. The number of ether oxygens (including phenoxy) is 2. The standard InChI is InChI=1S/C21H28N2O5/c1-27-17-8-14-5-7-22(10-15(14)9-18(17)28-2)12-19(24)23-11-16-4-3-6-21(16,13-23)20(25)26/h8-9,16H,3-7,10-13H2,1-2H3,(H,25,26)/t16-,21+/m0/s1. The highest BCUT2D eigenvalue weighted by molar-refractivity contribution is 5.82. The third-order valence-electron chi connectivity index (χ3n) is 6.81. The number of hydrogen-bond acceptors (Lipinski definition) is 5. The summed E-state index contributed by atoms with van der Waals surface area (Å²) in [6.45, 7) is 2.76. The number of rotatable bonds is 5. The van der Waals surface area contributed by atoms with Crippen LogP contribution < -0.4 is 9.47 Å². The second kappa shape index (κ2) is 7.28. The van der Waals surface area contributed by atoms with Gasteiger partial charge in [-0.25, -0.2) is 0 Å². The van der Waals surface area contributed by atoms with Crippen LogP contribution in [0, 0.1) is 11.3 Å². The number of methoxy groups -OCH3 is 2. The van der Waals surface area contributed by atoms with Gasteiger partial charge in [-0.05, 0) is 48.4 Å². The summed E-state index contributed by atoms with van der Waals surface area (Å²) in [4.78, 5) is 28.7. The van der Waals surface area contributed by atoms with Crippen molar-refractivity contribution in [3.63, 3.8) is 0 Å². The lowest BCUT2D eigenvalue weighted by molar-refractivity contribution is -0.149. The molecule has 2 aliphatic heterocycles. The second-order valence-electron chi connectivity index (χ2n) is 8.26. The third-order valence-corrected chi connectivity index (χ3v) is 6.81. The predicted molar refractivity (Wildman–Crippen MR) is 103 cm³/mol. The number of carbonyl (C=O) groups excluding carboxylic acids is 1. The molecule has 1 saturated heterocycles. The zero-order chi connectivity index (χ0) is 19.9. The molecule has 4 rings (SSSR count). The fraction of sp³-hybridized carbons (Fsp3) is 0.619. The van der Waals surface area contributed by atoms with Gasteiger partial charge in [-0.1, -0.05) is 6.42 Å². The Bertz CT molecular complexity index is 795. The quantitative estimate of drug-likeness (QED) is 0.828. The van der Waals surface area contributed by atoms with E-state index in [1.165, 1.54) is 5.56 Å². The van der Waals surface area contributed by atoms with Gasteiger partial charge in [0, 0.05) is 26.2 Å². The van der Waals surface area contributed by atoms with E-state index in [-0.39, 0.29) is 11.8 Å². The molecular formula is C21H28N2O5. The largest absolute Gasteiger partial charge is 0.493 e. The number of carboxylic acid groups (broad SMARTS) is 1. The average Bonchev–Trinajstić information content (AvgIpc) is 3.25. The van der Waals surface area contributed by atoms with Crippen LogP contribution in [0.2, 0.25) is 0 Å². The van der Waals surface area contributed by atoms with E-state index >= 15 is 0 Å². The van der Waals surface area contributed by atoms with E-state index in [2.05, 4.69) is 4.90 Å². The first-order valence-corrected chi connectivity index (χ1v) is 9.94. The third kappa shape index (κ3) is 3.11. The zero-order valence-electron chi connectivity index (χ0n) is 16.6. The summed E-state index contributed by atoms with van der Waals surface area (Å²) in [5, 5.41) is 9.73. The van der Waals surface area contributed by atoms with E-state index in [1.54, 1.807) is 19.1 Å². The maximum Gasteiger partial charge on any atom is 0.311 e. The Morgan fingerprint density at radius 3 is 2.57 bits per heavy atom. The van der Waals surface area contributed by atoms with E-state index < -0.39 is 11.4 Å². The first-order chi connectivity index (χ1) is 13.5. The van der Waals surface area contributed by atoms with Crippen molar-refractivity contribution in [1.29, 1.82) is 0 Å². The van der Waals surface area contributed by atoms with Gasteiger partial charge in [0.05, 0.1) is 26.2 Å². The highest BCUT2D eigenvalue weighted by Crippen LogP contribution is 2.48. The van der Waals surface area contributed by atoms with Crippen LogP contribution in [0.3, 0.4) is 0 Å². The van der Waals surface area contributed by atoms with Gasteiger partial charge in [-0.3, -0.25) is 14.5 Å². The normalized spacial score (nSPS) is 26.6. The zero-order valence-corrected chi connectivity index (χ0v) is 16.6. The molecule has 0 aromatic heterocycles. The Hall–Kier alpha value is -2.28. The van der Waals surface area contributed by atoms with Crippen molar-refractivity contribution < 1.29 is 24.2 Å². The summed E-state index contributed by atoms with van der Waals surface area (Å²) in [5.41, 5.74) is 1.66. The molecule has 7 nitrogen and oxygen atoms in total. The number of nitrogens with zero attached hydrogens (tertiary/aromatic N) is 2. The van der Waals surface area contributed by atoms with Crippen LogP contribution in [0.25, 0.3) is 0 Å². The van der Waals surface area contributed by atoms with Gasteiger partial charge in [0.15, 0.2) is 11.5 Å². The molecule has 0 unspecified atom stereocenters. The number of hydrogen-bond donors (Lipinski definition) is 1. The molecule has 2 fully saturated rings. The Morgan fingerprint density at radius 2 is 1.93 bits per heavy atom. The Balaban J connectivity index is 1.42. The first-order valence-electron chi connectivity index (χ1n) is 9.94. The summed E-state index contributed by atoms with van der Waals surface area (Å²) in [7, 11) is 3.25. The molecule has 2 heterocycles. The number of likely N-dealkylation sites (tertiary alicyclic amines) is 1. The van der Waals surface area contributed by atoms with E-state index in [4.69, 9.17) is 9.47 Å². The van der Waals surface area contributed by atoms with Gasteiger partial charge in [0.1, 0.15) is 0 Å². The van der Waals surface area contributed by atoms with E-state index in [1.807, 2.05) is 12.1 Å². The van der Waals surface area contributed by atoms with Gasteiger partial charge in [-0.15, -0.1) is 0 Å². The molecule has 1 amide bonds. The maximum atomic E-state index is 12.9. The SMILES string of the molecule is COc1cc2c(cc1OC)CN(CC(=O)N1C[C@@H]3CCC[C@@]3(C(=O)O)C1)CC2. The van der Waals surface area contributed by atoms with Crippen LogP contribution in [0.1, 0.15) is 30.4 Å². The monoisotopic (exact) mass is 388 g/mol. The number of fused-ring (bicyclic) bond motifs is 2. The lowest BCUT2D eigenvalue weighted by atomic mass is 9.81. The van der Waals surface area contributed by atoms with Gasteiger partial charge >= 0.3 is 5.97 Å². The molecule has 1 saturated carbocycles. The molecule has 2 atom stereocenters. The van der Waals surface area contributed by atoms with Crippen molar-refractivity contribution in [2.75, 3.05) is 40.4 Å². The Labute approximate surface area is 165 Å². The average molecular weight is 388 g/mol. The van der Waals surface area contributed by atoms with E-state index in [0.717, 1.165) is 37.1 Å². The molecule has 1 N–H and O–H groups in total. The number of aliphatic carboxylic acids is 1. The molecule has 1 aliphatic carbocycles. The second-order valence-corrected chi connectivity index (χ2v) is 8.26. The van der Waals surface area contributed by atoms with Crippen molar-refractivity contribution >= 4 is 11.9 Å². The minimum absolute atomic E-state index is 0.0407. The van der Waals surface area contributed by atoms with Crippen LogP contribution in [0.4, 0.5) is 0 Å². The summed E-state index contributed by atoms with van der Waals surface area (Å²) < 4.78 is 10.8. The van der Waals surface area contributed by atoms with Crippen molar-refractivity contribution in [3.8, 4) is 11.5 Å². The lowest BCUT2D eigenvalue weighted by Gasteiger charge is -2.30. The fourth-order valence-corrected chi connectivity index (χ4v) is 5.20. The van der Waals surface area contributed by atoms with Crippen molar-refractivity contribution in [1.82, 2.24) is 9.80 Å². The van der Waals surface area contributed by atoms with Crippen LogP contribution in [-0.4, -0.2) is 67.2 Å². The maximum absolute atomic E-state index is 12.9. The minimum atomic E-state index is -0.738. The van der Waals surface area contributed by atoms with Crippen LogP contribution in [0.5, 0.6) is 11.5 Å². The first kappa shape index (κ1) is 19.1. The van der Waals surface area contributed by atoms with Gasteiger partial charge in [0.2, 0.25) is 5.91 Å². The van der Waals surface area contributed by atoms with Crippen molar-refractivity contribution in [2.45, 2.75) is 32.2 Å². The number of carbonyl (C=O) groups is 2. The van der Waals surface area contributed by atoms with Crippen LogP contribution in [-0.2, 0) is 22.6 Å². The highest BCUT2D eigenvalue weighted by Gasteiger charge is 2.55. The number of carboxylic acids is 1. The lowest BCUT2D eigenvalue weighted by Crippen LogP contribution is -2.43. The summed E-state index contributed by atoms with van der Waals surface area (Å²) >= 11 is 0. The minimum Gasteiger partial charge on any atom is -0.493 e. The predicted octanol–water partition coefficient (Wildman–Crippen LogP) is 1.78. The van der Waals surface area contributed by atoms with Crippen LogP contribution in [0.15, 0.2) is 12.1 Å². The molecular weight excluding hydrogens is 360 g/mol. The summed E-state index contributed by atoms with van der Waals surface area (Å²) in [5.74, 6) is 0.837.